The quantitative estimate of drug-likeness (QED) is 0.689. The molecule has 0 saturated heterocycles. The minimum atomic E-state index is -6.38. The van der Waals surface area contributed by atoms with Crippen LogP contribution < -0.4 is 4.74 Å². The highest BCUT2D eigenvalue weighted by atomic mass is 19.4. The van der Waals surface area contributed by atoms with Gasteiger partial charge in [-0.25, -0.2) is 0 Å². The first-order valence-corrected chi connectivity index (χ1v) is 6.33. The highest BCUT2D eigenvalue weighted by Gasteiger charge is 2.73. The molecule has 0 saturated carbocycles. The van der Waals surface area contributed by atoms with Gasteiger partial charge < -0.3 is 9.47 Å². The average molecular weight is 348 g/mol. The van der Waals surface area contributed by atoms with Crippen LogP contribution in [-0.4, -0.2) is 32.2 Å². The Morgan fingerprint density at radius 1 is 0.957 bits per heavy atom. The van der Waals surface area contributed by atoms with E-state index >= 15 is 0 Å². The Hall–Kier alpha value is -1.51. The van der Waals surface area contributed by atoms with Gasteiger partial charge in [0.15, 0.2) is 0 Å². The molecule has 1 aromatic rings. The Kier molecular flexibility index (Phi) is 5.25. The molecule has 132 valence electrons. The van der Waals surface area contributed by atoms with Crippen LogP contribution in [0.2, 0.25) is 0 Å². The Morgan fingerprint density at radius 2 is 1.52 bits per heavy atom. The summed E-state index contributed by atoms with van der Waals surface area (Å²) >= 11 is 0. The van der Waals surface area contributed by atoms with Gasteiger partial charge in [0, 0.05) is 7.11 Å². The SMILES string of the molecule is COc1cccc(C(C)(CC(F)(F)C(F)(F)C(F)(F)F)OC)c1. The van der Waals surface area contributed by atoms with Crippen molar-refractivity contribution in [3.8, 4) is 5.75 Å². The molecule has 1 atom stereocenters. The highest BCUT2D eigenvalue weighted by molar-refractivity contribution is 5.32. The van der Waals surface area contributed by atoms with Gasteiger partial charge in [-0.3, -0.25) is 0 Å². The predicted molar refractivity (Wildman–Crippen MR) is 67.9 cm³/mol. The highest BCUT2D eigenvalue weighted by Crippen LogP contribution is 2.51. The average Bonchev–Trinajstić information content (AvgIpc) is 2.45. The molecule has 0 amide bonds. The number of methoxy groups -OCH3 is 2. The second kappa shape index (κ2) is 6.18. The second-order valence-corrected chi connectivity index (χ2v) is 5.12. The Balaban J connectivity index is 3.24. The summed E-state index contributed by atoms with van der Waals surface area (Å²) < 4.78 is 99.9. The number of hydrogen-bond acceptors (Lipinski definition) is 2. The molecule has 0 fully saturated rings. The summed E-state index contributed by atoms with van der Waals surface area (Å²) in [5, 5.41) is 0. The molecule has 0 aliphatic rings. The lowest BCUT2D eigenvalue weighted by Gasteiger charge is -2.36. The number of halogens is 7. The molecule has 0 heterocycles. The summed E-state index contributed by atoms with van der Waals surface area (Å²) in [6, 6.07) is 5.34. The van der Waals surface area contributed by atoms with Gasteiger partial charge in [0.1, 0.15) is 5.75 Å². The molecule has 0 aliphatic carbocycles. The second-order valence-electron chi connectivity index (χ2n) is 5.12. The monoisotopic (exact) mass is 348 g/mol. The summed E-state index contributed by atoms with van der Waals surface area (Å²) in [6.07, 6.45) is -8.24. The van der Waals surface area contributed by atoms with Crippen LogP contribution in [0, 0.1) is 0 Å². The summed E-state index contributed by atoms with van der Waals surface area (Å²) in [4.78, 5) is 0. The van der Waals surface area contributed by atoms with Crippen LogP contribution in [-0.2, 0) is 10.3 Å². The lowest BCUT2D eigenvalue weighted by Crippen LogP contribution is -2.54. The lowest BCUT2D eigenvalue weighted by atomic mass is 9.87. The Bertz CT molecular complexity index is 542. The van der Waals surface area contributed by atoms with Crippen LogP contribution in [0.25, 0.3) is 0 Å². The van der Waals surface area contributed by atoms with Crippen molar-refractivity contribution >= 4 is 0 Å². The molecular formula is C14H15F7O2. The fraction of sp³-hybridized carbons (Fsp3) is 0.571. The zero-order valence-electron chi connectivity index (χ0n) is 12.5. The first-order chi connectivity index (χ1) is 10.3. The fourth-order valence-electron chi connectivity index (χ4n) is 1.99. The molecule has 0 aliphatic heterocycles. The van der Waals surface area contributed by atoms with Crippen LogP contribution in [0.3, 0.4) is 0 Å². The van der Waals surface area contributed by atoms with Crippen LogP contribution in [0.4, 0.5) is 30.7 Å². The molecule has 1 unspecified atom stereocenters. The summed E-state index contributed by atoms with van der Waals surface area (Å²) in [5.41, 5.74) is -2.09. The van der Waals surface area contributed by atoms with Crippen LogP contribution in [0.1, 0.15) is 18.9 Å². The van der Waals surface area contributed by atoms with Gasteiger partial charge in [-0.1, -0.05) is 12.1 Å². The van der Waals surface area contributed by atoms with E-state index in [1.165, 1.54) is 31.4 Å². The Labute approximate surface area is 128 Å². The van der Waals surface area contributed by atoms with E-state index in [-0.39, 0.29) is 11.3 Å². The molecule has 23 heavy (non-hydrogen) atoms. The minimum absolute atomic E-state index is 0.0167. The van der Waals surface area contributed by atoms with Crippen molar-refractivity contribution in [2.45, 2.75) is 37.0 Å². The van der Waals surface area contributed by atoms with Crippen LogP contribution >= 0.6 is 0 Å². The standard InChI is InChI=1S/C14H15F7O2/c1-11(23-3,9-5-4-6-10(7-9)22-2)8-12(15,16)13(17,18)14(19,20)21/h4-7H,8H2,1-3H3. The van der Waals surface area contributed by atoms with Crippen molar-refractivity contribution in [2.24, 2.45) is 0 Å². The largest absolute Gasteiger partial charge is 0.497 e. The molecule has 0 radical (unpaired) electrons. The molecule has 0 N–H and O–H groups in total. The van der Waals surface area contributed by atoms with Gasteiger partial charge in [-0.2, -0.15) is 30.7 Å². The first kappa shape index (κ1) is 19.5. The number of alkyl halides is 7. The van der Waals surface area contributed by atoms with E-state index in [0.29, 0.717) is 0 Å². The normalized spacial score (nSPS) is 16.1. The van der Waals surface area contributed by atoms with E-state index < -0.39 is 30.0 Å². The van der Waals surface area contributed by atoms with Gasteiger partial charge in [-0.15, -0.1) is 0 Å². The fourth-order valence-corrected chi connectivity index (χ4v) is 1.99. The number of rotatable bonds is 6. The summed E-state index contributed by atoms with van der Waals surface area (Å²) in [6.45, 7) is 1.00. The molecular weight excluding hydrogens is 333 g/mol. The molecule has 0 aromatic heterocycles. The minimum Gasteiger partial charge on any atom is -0.497 e. The van der Waals surface area contributed by atoms with Crippen molar-refractivity contribution in [3.05, 3.63) is 29.8 Å². The maximum Gasteiger partial charge on any atom is 0.459 e. The summed E-state index contributed by atoms with van der Waals surface area (Å²) in [7, 11) is 2.23. The topological polar surface area (TPSA) is 18.5 Å². The van der Waals surface area contributed by atoms with Crippen molar-refractivity contribution in [2.75, 3.05) is 14.2 Å². The molecule has 0 bridgehead atoms. The van der Waals surface area contributed by atoms with Crippen molar-refractivity contribution in [3.63, 3.8) is 0 Å². The third-order valence-corrected chi connectivity index (χ3v) is 3.51. The predicted octanol–water partition coefficient (Wildman–Crippen LogP) is 4.78. The van der Waals surface area contributed by atoms with Gasteiger partial charge >= 0.3 is 18.0 Å². The molecule has 2 nitrogen and oxygen atoms in total. The van der Waals surface area contributed by atoms with E-state index in [1.807, 2.05) is 0 Å². The third-order valence-electron chi connectivity index (χ3n) is 3.51. The third kappa shape index (κ3) is 3.70. The van der Waals surface area contributed by atoms with Crippen molar-refractivity contribution < 1.29 is 40.2 Å². The van der Waals surface area contributed by atoms with Gasteiger partial charge in [0.05, 0.1) is 19.1 Å². The van der Waals surface area contributed by atoms with Crippen LogP contribution in [0.5, 0.6) is 5.75 Å². The zero-order valence-corrected chi connectivity index (χ0v) is 12.5. The van der Waals surface area contributed by atoms with E-state index in [1.54, 1.807) is 0 Å². The number of benzene rings is 1. The smallest absolute Gasteiger partial charge is 0.459 e. The van der Waals surface area contributed by atoms with E-state index in [9.17, 15) is 30.7 Å². The van der Waals surface area contributed by atoms with E-state index in [0.717, 1.165) is 14.0 Å². The maximum atomic E-state index is 13.7. The summed E-state index contributed by atoms with van der Waals surface area (Å²) in [5.74, 6) is -11.3. The van der Waals surface area contributed by atoms with E-state index in [4.69, 9.17) is 9.47 Å². The zero-order chi connectivity index (χ0) is 18.1. The molecule has 1 rings (SSSR count). The number of ether oxygens (including phenoxy) is 2. The first-order valence-electron chi connectivity index (χ1n) is 6.33. The molecule has 9 heteroatoms. The van der Waals surface area contributed by atoms with E-state index in [2.05, 4.69) is 0 Å². The molecule has 0 spiro atoms. The molecule has 1 aromatic carbocycles. The van der Waals surface area contributed by atoms with Gasteiger partial charge in [0.25, 0.3) is 0 Å². The van der Waals surface area contributed by atoms with Gasteiger partial charge in [0.2, 0.25) is 0 Å². The van der Waals surface area contributed by atoms with Crippen molar-refractivity contribution in [1.29, 1.82) is 0 Å². The lowest BCUT2D eigenvalue weighted by molar-refractivity contribution is -0.361. The van der Waals surface area contributed by atoms with Gasteiger partial charge in [-0.05, 0) is 24.6 Å². The van der Waals surface area contributed by atoms with Crippen LogP contribution in [0.15, 0.2) is 24.3 Å². The maximum absolute atomic E-state index is 13.7. The van der Waals surface area contributed by atoms with Crippen molar-refractivity contribution in [1.82, 2.24) is 0 Å². The number of hydrogen-bond donors (Lipinski definition) is 0. The Morgan fingerprint density at radius 3 is 1.96 bits per heavy atom.